The van der Waals surface area contributed by atoms with Gasteiger partial charge >= 0.3 is 29.6 Å². The van der Waals surface area contributed by atoms with Crippen molar-refractivity contribution in [3.8, 4) is 0 Å². The summed E-state index contributed by atoms with van der Waals surface area (Å²) in [7, 11) is -4.43. The van der Waals surface area contributed by atoms with Gasteiger partial charge in [0, 0.05) is 11.4 Å². The molecule has 0 saturated carbocycles. The molecule has 0 spiro atoms. The summed E-state index contributed by atoms with van der Waals surface area (Å²) in [4.78, 5) is -0.273. The molecular formula is C14H13N2NaO3S2. The van der Waals surface area contributed by atoms with Crippen molar-refractivity contribution in [2.45, 2.75) is 11.8 Å². The van der Waals surface area contributed by atoms with Gasteiger partial charge in [0.15, 0.2) is 5.11 Å². The van der Waals surface area contributed by atoms with E-state index in [0.717, 1.165) is 11.3 Å². The summed E-state index contributed by atoms with van der Waals surface area (Å²) < 4.78 is 32.5. The maximum atomic E-state index is 10.8. The summed E-state index contributed by atoms with van der Waals surface area (Å²) in [5.41, 5.74) is 2.55. The van der Waals surface area contributed by atoms with E-state index in [4.69, 9.17) is 12.2 Å². The van der Waals surface area contributed by atoms with Crippen LogP contribution in [0.5, 0.6) is 0 Å². The first-order valence-corrected chi connectivity index (χ1v) is 7.87. The zero-order valence-corrected chi connectivity index (χ0v) is 15.8. The average Bonchev–Trinajstić information content (AvgIpc) is 2.38. The van der Waals surface area contributed by atoms with Gasteiger partial charge in [0.05, 0.1) is 4.90 Å². The van der Waals surface area contributed by atoms with Crippen LogP contribution in [0.15, 0.2) is 53.4 Å². The van der Waals surface area contributed by atoms with Gasteiger partial charge in [-0.1, -0.05) is 12.1 Å². The first-order valence-electron chi connectivity index (χ1n) is 6.05. The van der Waals surface area contributed by atoms with E-state index in [1.165, 1.54) is 24.3 Å². The van der Waals surface area contributed by atoms with E-state index in [9.17, 15) is 13.0 Å². The molecule has 0 amide bonds. The van der Waals surface area contributed by atoms with Gasteiger partial charge in [-0.05, 0) is 61.1 Å². The second kappa shape index (κ2) is 8.05. The van der Waals surface area contributed by atoms with Crippen LogP contribution in [0.2, 0.25) is 0 Å². The molecule has 0 bridgehead atoms. The van der Waals surface area contributed by atoms with E-state index in [0.29, 0.717) is 10.8 Å². The Morgan fingerprint density at radius 2 is 1.64 bits per heavy atom. The van der Waals surface area contributed by atoms with E-state index in [1.807, 2.05) is 31.2 Å². The van der Waals surface area contributed by atoms with E-state index < -0.39 is 10.1 Å². The molecule has 0 heterocycles. The SMILES string of the molecule is Cc1cccc(NC(=S)Nc2ccc(S(=O)(=O)[O-])cc2)c1.[Na+]. The Bertz CT molecular complexity index is 762. The molecule has 8 heteroatoms. The van der Waals surface area contributed by atoms with Crippen LogP contribution in [0.3, 0.4) is 0 Å². The molecule has 2 rings (SSSR count). The third-order valence-corrected chi connectivity index (χ3v) is 3.73. The molecular weight excluding hydrogens is 331 g/mol. The van der Waals surface area contributed by atoms with Crippen LogP contribution >= 0.6 is 12.2 Å². The number of anilines is 2. The third kappa shape index (κ3) is 5.68. The standard InChI is InChI=1S/C14H14N2O3S2.Na/c1-10-3-2-4-12(9-10)16-14(20)15-11-5-7-13(8-6-11)21(17,18)19;/h2-9H,1H3,(H2,15,16,20)(H,17,18,19);/q;+1/p-1. The monoisotopic (exact) mass is 344 g/mol. The zero-order chi connectivity index (χ0) is 15.5. The molecule has 0 fully saturated rings. The number of hydrogen-bond acceptors (Lipinski definition) is 4. The van der Waals surface area contributed by atoms with Gasteiger partial charge in [0.2, 0.25) is 0 Å². The van der Waals surface area contributed by atoms with Gasteiger partial charge < -0.3 is 15.2 Å². The number of aryl methyl sites for hydroxylation is 1. The third-order valence-electron chi connectivity index (χ3n) is 2.68. The Hall–Kier alpha value is -0.960. The Morgan fingerprint density at radius 1 is 1.05 bits per heavy atom. The molecule has 5 nitrogen and oxygen atoms in total. The predicted molar refractivity (Wildman–Crippen MR) is 85.4 cm³/mol. The van der Waals surface area contributed by atoms with Crippen LogP contribution in [0.4, 0.5) is 11.4 Å². The molecule has 0 saturated heterocycles. The van der Waals surface area contributed by atoms with Crippen molar-refractivity contribution >= 4 is 38.8 Å². The molecule has 22 heavy (non-hydrogen) atoms. The molecule has 2 aromatic rings. The summed E-state index contributed by atoms with van der Waals surface area (Å²) in [6.07, 6.45) is 0. The van der Waals surface area contributed by atoms with Gasteiger partial charge in [-0.15, -0.1) is 0 Å². The maximum absolute atomic E-state index is 10.8. The predicted octanol–water partition coefficient (Wildman–Crippen LogP) is -0.288. The topological polar surface area (TPSA) is 81.3 Å². The molecule has 0 aliphatic rings. The molecule has 0 aliphatic heterocycles. The van der Waals surface area contributed by atoms with Crippen molar-refractivity contribution in [2.24, 2.45) is 0 Å². The molecule has 2 aromatic carbocycles. The molecule has 0 atom stereocenters. The number of thiocarbonyl (C=S) groups is 1. The maximum Gasteiger partial charge on any atom is 1.00 e. The van der Waals surface area contributed by atoms with Gasteiger partial charge in [0.25, 0.3) is 0 Å². The minimum Gasteiger partial charge on any atom is -0.744 e. The quantitative estimate of drug-likeness (QED) is 0.453. The largest absolute Gasteiger partial charge is 1.00 e. The smallest absolute Gasteiger partial charge is 0.744 e. The van der Waals surface area contributed by atoms with Crippen molar-refractivity contribution in [2.75, 3.05) is 10.6 Å². The van der Waals surface area contributed by atoms with Crippen molar-refractivity contribution in [1.82, 2.24) is 0 Å². The number of rotatable bonds is 3. The van der Waals surface area contributed by atoms with E-state index in [1.54, 1.807) is 0 Å². The van der Waals surface area contributed by atoms with Crippen LogP contribution in [0.25, 0.3) is 0 Å². The molecule has 2 N–H and O–H groups in total. The van der Waals surface area contributed by atoms with E-state index in [2.05, 4.69) is 10.6 Å². The normalized spacial score (nSPS) is 10.5. The molecule has 0 unspecified atom stereocenters. The van der Waals surface area contributed by atoms with Crippen LogP contribution in [-0.2, 0) is 10.1 Å². The van der Waals surface area contributed by atoms with E-state index in [-0.39, 0.29) is 34.5 Å². The van der Waals surface area contributed by atoms with Gasteiger partial charge in [0.1, 0.15) is 10.1 Å². The fourth-order valence-corrected chi connectivity index (χ4v) is 2.43. The van der Waals surface area contributed by atoms with E-state index >= 15 is 0 Å². The molecule has 0 aromatic heterocycles. The minimum atomic E-state index is -4.43. The van der Waals surface area contributed by atoms with Gasteiger partial charge in [-0.2, -0.15) is 0 Å². The first-order chi connectivity index (χ1) is 9.84. The van der Waals surface area contributed by atoms with Crippen molar-refractivity contribution in [3.63, 3.8) is 0 Å². The Kier molecular flexibility index (Phi) is 6.98. The fourth-order valence-electron chi connectivity index (χ4n) is 1.72. The van der Waals surface area contributed by atoms with Crippen molar-refractivity contribution in [1.29, 1.82) is 0 Å². The molecule has 0 aliphatic carbocycles. The van der Waals surface area contributed by atoms with Crippen LogP contribution < -0.4 is 40.2 Å². The Labute approximate surface area is 157 Å². The van der Waals surface area contributed by atoms with Crippen LogP contribution in [0.1, 0.15) is 5.56 Å². The second-order valence-electron chi connectivity index (χ2n) is 4.43. The summed E-state index contributed by atoms with van der Waals surface area (Å²) in [5, 5.41) is 6.30. The van der Waals surface area contributed by atoms with Gasteiger partial charge in [-0.3, -0.25) is 0 Å². The Balaban J connectivity index is 0.00000242. The second-order valence-corrected chi connectivity index (χ2v) is 6.22. The number of hydrogen-bond donors (Lipinski definition) is 2. The van der Waals surface area contributed by atoms with Crippen LogP contribution in [-0.4, -0.2) is 18.1 Å². The molecule has 110 valence electrons. The summed E-state index contributed by atoms with van der Waals surface area (Å²) >= 11 is 5.17. The summed E-state index contributed by atoms with van der Waals surface area (Å²) in [6.45, 7) is 1.98. The van der Waals surface area contributed by atoms with Crippen molar-refractivity contribution in [3.05, 3.63) is 54.1 Å². The molecule has 0 radical (unpaired) electrons. The van der Waals surface area contributed by atoms with Crippen LogP contribution in [0, 0.1) is 6.92 Å². The number of nitrogens with one attached hydrogen (secondary N) is 2. The summed E-state index contributed by atoms with van der Waals surface area (Å²) in [5.74, 6) is 0. The minimum absolute atomic E-state index is 0. The average molecular weight is 344 g/mol. The Morgan fingerprint density at radius 3 is 2.18 bits per heavy atom. The zero-order valence-electron chi connectivity index (χ0n) is 12.2. The fraction of sp³-hybridized carbons (Fsp3) is 0.0714. The first kappa shape index (κ1) is 19.1. The number of benzene rings is 2. The van der Waals surface area contributed by atoms with Gasteiger partial charge in [-0.25, -0.2) is 8.42 Å². The summed E-state index contributed by atoms with van der Waals surface area (Å²) in [6, 6.07) is 13.1. The van der Waals surface area contributed by atoms with Crippen molar-refractivity contribution < 1.29 is 42.5 Å².